The Hall–Kier alpha value is -2.87. The number of carbonyl (C=O) groups excluding carboxylic acids is 1. The van der Waals surface area contributed by atoms with E-state index in [1.54, 1.807) is 30.3 Å². The SMILES string of the molecule is CCc1ccc(N2C(=O)N(CC(=O)O)c3ccccc3S2(=O)=O)cc1. The second-order valence-electron chi connectivity index (χ2n) is 5.52. The zero-order valence-electron chi connectivity index (χ0n) is 13.4. The average molecular weight is 360 g/mol. The highest BCUT2D eigenvalue weighted by Crippen LogP contribution is 2.36. The lowest BCUT2D eigenvalue weighted by Crippen LogP contribution is -2.52. The smallest absolute Gasteiger partial charge is 0.343 e. The molecule has 8 heteroatoms. The van der Waals surface area contributed by atoms with Crippen LogP contribution in [0.15, 0.2) is 53.4 Å². The number of nitrogens with zero attached hydrogens (tertiary/aromatic N) is 2. The Morgan fingerprint density at radius 1 is 1.08 bits per heavy atom. The van der Waals surface area contributed by atoms with Crippen LogP contribution in [-0.2, 0) is 21.2 Å². The van der Waals surface area contributed by atoms with Crippen molar-refractivity contribution in [2.45, 2.75) is 18.2 Å². The summed E-state index contributed by atoms with van der Waals surface area (Å²) < 4.78 is 26.5. The van der Waals surface area contributed by atoms with E-state index in [-0.39, 0.29) is 16.3 Å². The molecule has 3 rings (SSSR count). The summed E-state index contributed by atoms with van der Waals surface area (Å²) in [6.07, 6.45) is 0.773. The molecule has 130 valence electrons. The van der Waals surface area contributed by atoms with E-state index >= 15 is 0 Å². The molecule has 0 radical (unpaired) electrons. The third-order valence-electron chi connectivity index (χ3n) is 3.95. The van der Waals surface area contributed by atoms with Gasteiger partial charge in [-0.05, 0) is 36.2 Å². The van der Waals surface area contributed by atoms with Crippen molar-refractivity contribution in [3.63, 3.8) is 0 Å². The molecular weight excluding hydrogens is 344 g/mol. The van der Waals surface area contributed by atoms with Gasteiger partial charge >= 0.3 is 12.0 Å². The quantitative estimate of drug-likeness (QED) is 0.904. The second-order valence-corrected chi connectivity index (χ2v) is 7.27. The Kier molecular flexibility index (Phi) is 4.22. The fourth-order valence-electron chi connectivity index (χ4n) is 2.72. The number of urea groups is 1. The molecule has 1 aliphatic heterocycles. The lowest BCUT2D eigenvalue weighted by Gasteiger charge is -2.35. The molecule has 1 aliphatic rings. The molecule has 25 heavy (non-hydrogen) atoms. The van der Waals surface area contributed by atoms with Crippen molar-refractivity contribution < 1.29 is 23.1 Å². The summed E-state index contributed by atoms with van der Waals surface area (Å²) in [5.41, 5.74) is 1.23. The maximum absolute atomic E-state index is 12.9. The molecule has 2 aromatic carbocycles. The van der Waals surface area contributed by atoms with Gasteiger partial charge in [0.25, 0.3) is 10.0 Å². The number of rotatable bonds is 4. The Morgan fingerprint density at radius 3 is 2.32 bits per heavy atom. The maximum Gasteiger partial charge on any atom is 0.343 e. The van der Waals surface area contributed by atoms with Crippen LogP contribution >= 0.6 is 0 Å². The normalized spacial score (nSPS) is 15.8. The molecule has 0 fully saturated rings. The van der Waals surface area contributed by atoms with Gasteiger partial charge in [0.05, 0.1) is 11.4 Å². The first-order valence-corrected chi connectivity index (χ1v) is 9.07. The molecule has 2 aromatic rings. The third-order valence-corrected chi connectivity index (χ3v) is 5.70. The molecule has 0 spiro atoms. The number of carboxylic acid groups (broad SMARTS) is 1. The number of carboxylic acids is 1. The zero-order valence-corrected chi connectivity index (χ0v) is 14.2. The first kappa shape index (κ1) is 17.0. The molecule has 0 saturated carbocycles. The minimum atomic E-state index is -4.12. The summed E-state index contributed by atoms with van der Waals surface area (Å²) in [6.45, 7) is 1.33. The fraction of sp³-hybridized carbons (Fsp3) is 0.176. The predicted molar refractivity (Wildman–Crippen MR) is 92.3 cm³/mol. The van der Waals surface area contributed by atoms with Crippen LogP contribution in [0.5, 0.6) is 0 Å². The molecular formula is C17H16N2O5S. The number of sulfonamides is 1. The molecule has 1 N–H and O–H groups in total. The van der Waals surface area contributed by atoms with E-state index in [2.05, 4.69) is 0 Å². The monoisotopic (exact) mass is 360 g/mol. The van der Waals surface area contributed by atoms with Crippen LogP contribution in [0.4, 0.5) is 16.2 Å². The highest BCUT2D eigenvalue weighted by Gasteiger charge is 2.42. The molecule has 0 aromatic heterocycles. The lowest BCUT2D eigenvalue weighted by atomic mass is 10.1. The fourth-order valence-corrected chi connectivity index (χ4v) is 4.31. The molecule has 0 aliphatic carbocycles. The second kappa shape index (κ2) is 6.21. The maximum atomic E-state index is 12.9. The van der Waals surface area contributed by atoms with Crippen molar-refractivity contribution >= 4 is 33.4 Å². The predicted octanol–water partition coefficient (Wildman–Crippen LogP) is 2.47. The van der Waals surface area contributed by atoms with Crippen LogP contribution in [0, 0.1) is 0 Å². The van der Waals surface area contributed by atoms with E-state index in [0.29, 0.717) is 4.31 Å². The largest absolute Gasteiger partial charge is 0.480 e. The van der Waals surface area contributed by atoms with Gasteiger partial charge in [0.15, 0.2) is 0 Å². The average Bonchev–Trinajstić information content (AvgIpc) is 2.59. The Labute approximate surface area is 145 Å². The van der Waals surface area contributed by atoms with Crippen LogP contribution < -0.4 is 9.21 Å². The minimum absolute atomic E-state index is 0.0660. The van der Waals surface area contributed by atoms with Gasteiger partial charge < -0.3 is 5.11 Å². The topological polar surface area (TPSA) is 95.0 Å². The Morgan fingerprint density at radius 2 is 1.72 bits per heavy atom. The van der Waals surface area contributed by atoms with Crippen LogP contribution in [0.1, 0.15) is 12.5 Å². The number of hydrogen-bond acceptors (Lipinski definition) is 4. The molecule has 2 amide bonds. The molecule has 0 saturated heterocycles. The van der Waals surface area contributed by atoms with E-state index in [1.807, 2.05) is 6.92 Å². The van der Waals surface area contributed by atoms with Crippen LogP contribution in [0.25, 0.3) is 0 Å². The Balaban J connectivity index is 2.18. The summed E-state index contributed by atoms with van der Waals surface area (Å²) in [5, 5.41) is 9.10. The lowest BCUT2D eigenvalue weighted by molar-refractivity contribution is -0.135. The summed E-state index contributed by atoms with van der Waals surface area (Å²) in [4.78, 5) is 24.8. The van der Waals surface area contributed by atoms with E-state index < -0.39 is 28.6 Å². The number of para-hydroxylation sites is 1. The number of carbonyl (C=O) groups is 2. The van der Waals surface area contributed by atoms with Crippen molar-refractivity contribution in [2.24, 2.45) is 0 Å². The van der Waals surface area contributed by atoms with Crippen molar-refractivity contribution in [3.05, 3.63) is 54.1 Å². The van der Waals surface area contributed by atoms with Gasteiger partial charge in [-0.15, -0.1) is 0 Å². The molecule has 0 bridgehead atoms. The summed E-state index contributed by atoms with van der Waals surface area (Å²) >= 11 is 0. The van der Waals surface area contributed by atoms with Gasteiger partial charge in [0.1, 0.15) is 11.4 Å². The van der Waals surface area contributed by atoms with Crippen molar-refractivity contribution in [1.82, 2.24) is 0 Å². The van der Waals surface area contributed by atoms with Gasteiger partial charge in [0, 0.05) is 0 Å². The number of fused-ring (bicyclic) bond motifs is 1. The number of benzene rings is 2. The van der Waals surface area contributed by atoms with Gasteiger partial charge in [0.2, 0.25) is 0 Å². The van der Waals surface area contributed by atoms with Gasteiger partial charge in [-0.2, -0.15) is 4.31 Å². The van der Waals surface area contributed by atoms with Gasteiger partial charge in [-0.25, -0.2) is 13.2 Å². The van der Waals surface area contributed by atoms with Gasteiger partial charge in [-0.3, -0.25) is 9.69 Å². The summed E-state index contributed by atoms with van der Waals surface area (Å²) in [6, 6.07) is 11.5. The Bertz CT molecular complexity index is 938. The van der Waals surface area contributed by atoms with Crippen LogP contribution in [-0.4, -0.2) is 32.1 Å². The number of aryl methyl sites for hydroxylation is 1. The highest BCUT2D eigenvalue weighted by atomic mass is 32.2. The minimum Gasteiger partial charge on any atom is -0.480 e. The molecule has 1 heterocycles. The number of anilines is 2. The third kappa shape index (κ3) is 2.85. The first-order valence-electron chi connectivity index (χ1n) is 7.63. The number of aliphatic carboxylic acids is 1. The van der Waals surface area contributed by atoms with Crippen molar-refractivity contribution in [2.75, 3.05) is 15.7 Å². The summed E-state index contributed by atoms with van der Waals surface area (Å²) in [5.74, 6) is -1.23. The van der Waals surface area contributed by atoms with E-state index in [1.165, 1.54) is 18.2 Å². The van der Waals surface area contributed by atoms with E-state index in [0.717, 1.165) is 16.9 Å². The van der Waals surface area contributed by atoms with Crippen LogP contribution in [0.3, 0.4) is 0 Å². The van der Waals surface area contributed by atoms with Crippen LogP contribution in [0.2, 0.25) is 0 Å². The van der Waals surface area contributed by atoms with E-state index in [4.69, 9.17) is 5.11 Å². The highest BCUT2D eigenvalue weighted by molar-refractivity contribution is 7.94. The van der Waals surface area contributed by atoms with E-state index in [9.17, 15) is 18.0 Å². The molecule has 0 atom stereocenters. The number of hydrogen-bond donors (Lipinski definition) is 1. The van der Waals surface area contributed by atoms with Crippen molar-refractivity contribution in [3.8, 4) is 0 Å². The standard InChI is InChI=1S/C17H16N2O5S/c1-2-12-7-9-13(10-8-12)19-17(22)18(11-16(20)21)14-5-3-4-6-15(14)25(19,23)24/h3-10H,2,11H2,1H3,(H,20,21). The molecule has 7 nitrogen and oxygen atoms in total. The van der Waals surface area contributed by atoms with Crippen molar-refractivity contribution in [1.29, 1.82) is 0 Å². The summed E-state index contributed by atoms with van der Waals surface area (Å²) in [7, 11) is -4.12. The van der Waals surface area contributed by atoms with Gasteiger partial charge in [-0.1, -0.05) is 31.2 Å². The molecule has 0 unspecified atom stereocenters. The number of amides is 2. The first-order chi connectivity index (χ1) is 11.9. The zero-order chi connectivity index (χ0) is 18.2.